The number of aromatic hydroxyl groups is 1. The molecule has 0 fully saturated rings. The highest BCUT2D eigenvalue weighted by atomic mass is 16.3. The Morgan fingerprint density at radius 3 is 2.64 bits per heavy atom. The van der Waals surface area contributed by atoms with Crippen molar-refractivity contribution in [3.63, 3.8) is 0 Å². The van der Waals surface area contributed by atoms with Gasteiger partial charge in [0.15, 0.2) is 11.6 Å². The maximum absolute atomic E-state index is 9.64. The summed E-state index contributed by atoms with van der Waals surface area (Å²) in [5.74, 6) is 1.48. The zero-order valence-electron chi connectivity index (χ0n) is 8.44. The van der Waals surface area contributed by atoms with Crippen LogP contribution < -0.4 is 0 Å². The van der Waals surface area contributed by atoms with E-state index in [0.29, 0.717) is 17.2 Å². The van der Waals surface area contributed by atoms with Crippen LogP contribution in [0.15, 0.2) is 0 Å². The van der Waals surface area contributed by atoms with Gasteiger partial charge in [0.2, 0.25) is 0 Å². The van der Waals surface area contributed by atoms with Crippen molar-refractivity contribution in [2.45, 2.75) is 27.2 Å². The molecule has 1 N–H and O–H groups in total. The maximum atomic E-state index is 9.64. The first kappa shape index (κ1) is 8.93. The number of fused-ring (bicyclic) bond motifs is 1. The molecule has 0 aliphatic heterocycles. The molecule has 5 nitrogen and oxygen atoms in total. The van der Waals surface area contributed by atoms with Crippen molar-refractivity contribution < 1.29 is 5.11 Å². The first-order valence-electron chi connectivity index (χ1n) is 4.55. The van der Waals surface area contributed by atoms with Crippen LogP contribution in [0.5, 0.6) is 5.75 Å². The molecule has 0 radical (unpaired) electrons. The Kier molecular flexibility index (Phi) is 1.87. The molecule has 0 atom stereocenters. The van der Waals surface area contributed by atoms with Gasteiger partial charge in [0.05, 0.1) is 11.4 Å². The van der Waals surface area contributed by atoms with E-state index < -0.39 is 0 Å². The minimum Gasteiger partial charge on any atom is -0.504 e. The van der Waals surface area contributed by atoms with Crippen molar-refractivity contribution in [3.8, 4) is 5.75 Å². The van der Waals surface area contributed by atoms with Crippen LogP contribution in [0.25, 0.3) is 5.78 Å². The van der Waals surface area contributed by atoms with Gasteiger partial charge in [-0.2, -0.15) is 9.50 Å². The largest absolute Gasteiger partial charge is 0.504 e. The third-order valence-electron chi connectivity index (χ3n) is 2.22. The van der Waals surface area contributed by atoms with Gasteiger partial charge in [-0.1, -0.05) is 6.92 Å². The van der Waals surface area contributed by atoms with Crippen molar-refractivity contribution in [1.82, 2.24) is 19.6 Å². The van der Waals surface area contributed by atoms with Crippen LogP contribution in [-0.4, -0.2) is 24.7 Å². The number of aryl methyl sites for hydroxylation is 3. The van der Waals surface area contributed by atoms with Crippen LogP contribution in [0.3, 0.4) is 0 Å². The van der Waals surface area contributed by atoms with Gasteiger partial charge in [0, 0.05) is 6.42 Å². The zero-order chi connectivity index (χ0) is 10.3. The maximum Gasteiger partial charge on any atom is 0.253 e. The molecule has 14 heavy (non-hydrogen) atoms. The highest BCUT2D eigenvalue weighted by Gasteiger charge is 2.11. The fraction of sp³-hybridized carbons (Fsp3) is 0.444. The first-order valence-corrected chi connectivity index (χ1v) is 4.55. The number of rotatable bonds is 1. The van der Waals surface area contributed by atoms with Gasteiger partial charge in [-0.05, 0) is 13.8 Å². The first-order chi connectivity index (χ1) is 6.63. The molecule has 0 aliphatic rings. The molecule has 0 amide bonds. The van der Waals surface area contributed by atoms with Gasteiger partial charge in [0.25, 0.3) is 5.78 Å². The minimum absolute atomic E-state index is 0.185. The lowest BCUT2D eigenvalue weighted by Gasteiger charge is -2.02. The molecule has 0 saturated carbocycles. The Morgan fingerprint density at radius 1 is 1.29 bits per heavy atom. The molecule has 0 unspecified atom stereocenters. The fourth-order valence-corrected chi connectivity index (χ4v) is 1.36. The number of aromatic nitrogens is 4. The molecule has 0 spiro atoms. The minimum atomic E-state index is 0.185. The van der Waals surface area contributed by atoms with Crippen molar-refractivity contribution in [3.05, 3.63) is 17.2 Å². The molecular formula is C9H12N4O. The van der Waals surface area contributed by atoms with Crippen molar-refractivity contribution in [2.24, 2.45) is 0 Å². The van der Waals surface area contributed by atoms with E-state index in [-0.39, 0.29) is 5.75 Å². The Hall–Kier alpha value is -1.65. The summed E-state index contributed by atoms with van der Waals surface area (Å²) in [6.45, 7) is 5.53. The van der Waals surface area contributed by atoms with Crippen LogP contribution in [0.4, 0.5) is 0 Å². The molecule has 0 bridgehead atoms. The number of hydrogen-bond acceptors (Lipinski definition) is 4. The van der Waals surface area contributed by atoms with Crippen LogP contribution in [-0.2, 0) is 6.42 Å². The normalized spacial score (nSPS) is 11.1. The standard InChI is InChI=1S/C9H12N4O/c1-4-7-11-9-10-5(2)8(14)6(3)13(9)12-7/h14H,4H2,1-3H3. The lowest BCUT2D eigenvalue weighted by atomic mass is 10.3. The molecule has 2 aromatic rings. The van der Waals surface area contributed by atoms with Crippen LogP contribution in [0.1, 0.15) is 24.1 Å². The molecular weight excluding hydrogens is 180 g/mol. The molecule has 0 aliphatic carbocycles. The predicted octanol–water partition coefficient (Wildman–Crippen LogP) is 1.01. The molecule has 0 aromatic carbocycles. The van der Waals surface area contributed by atoms with Gasteiger partial charge in [-0.3, -0.25) is 0 Å². The molecule has 2 heterocycles. The molecule has 2 aromatic heterocycles. The average Bonchev–Trinajstić information content (AvgIpc) is 2.57. The van der Waals surface area contributed by atoms with E-state index in [0.717, 1.165) is 12.2 Å². The Labute approximate surface area is 81.4 Å². The second-order valence-electron chi connectivity index (χ2n) is 3.22. The van der Waals surface area contributed by atoms with Gasteiger partial charge in [0.1, 0.15) is 0 Å². The molecule has 74 valence electrons. The van der Waals surface area contributed by atoms with E-state index in [1.165, 1.54) is 0 Å². The highest BCUT2D eigenvalue weighted by Crippen LogP contribution is 2.19. The summed E-state index contributed by atoms with van der Waals surface area (Å²) in [7, 11) is 0. The summed E-state index contributed by atoms with van der Waals surface area (Å²) >= 11 is 0. The third kappa shape index (κ3) is 1.13. The van der Waals surface area contributed by atoms with Gasteiger partial charge in [-0.25, -0.2) is 4.98 Å². The summed E-state index contributed by atoms with van der Waals surface area (Å²) in [5.41, 5.74) is 1.27. The summed E-state index contributed by atoms with van der Waals surface area (Å²) in [5, 5.41) is 13.9. The zero-order valence-corrected chi connectivity index (χ0v) is 8.44. The lowest BCUT2D eigenvalue weighted by Crippen LogP contribution is -1.99. The van der Waals surface area contributed by atoms with E-state index in [9.17, 15) is 5.11 Å². The van der Waals surface area contributed by atoms with Gasteiger partial charge < -0.3 is 5.11 Å². The Morgan fingerprint density at radius 2 is 2.00 bits per heavy atom. The quantitative estimate of drug-likeness (QED) is 0.732. The third-order valence-corrected chi connectivity index (χ3v) is 2.22. The lowest BCUT2D eigenvalue weighted by molar-refractivity contribution is 0.456. The topological polar surface area (TPSA) is 63.3 Å². The number of hydrogen-bond donors (Lipinski definition) is 1. The molecule has 5 heteroatoms. The van der Waals surface area contributed by atoms with E-state index in [1.807, 2.05) is 6.92 Å². The van der Waals surface area contributed by atoms with E-state index >= 15 is 0 Å². The van der Waals surface area contributed by atoms with Crippen molar-refractivity contribution >= 4 is 5.78 Å². The highest BCUT2D eigenvalue weighted by molar-refractivity contribution is 5.39. The number of nitrogens with zero attached hydrogens (tertiary/aromatic N) is 4. The fourth-order valence-electron chi connectivity index (χ4n) is 1.36. The predicted molar refractivity (Wildman–Crippen MR) is 51.3 cm³/mol. The average molecular weight is 192 g/mol. The van der Waals surface area contributed by atoms with Gasteiger partial charge >= 0.3 is 0 Å². The van der Waals surface area contributed by atoms with Crippen LogP contribution in [0.2, 0.25) is 0 Å². The molecule has 0 saturated heterocycles. The second-order valence-corrected chi connectivity index (χ2v) is 3.22. The van der Waals surface area contributed by atoms with Crippen LogP contribution >= 0.6 is 0 Å². The van der Waals surface area contributed by atoms with Crippen molar-refractivity contribution in [2.75, 3.05) is 0 Å². The monoisotopic (exact) mass is 192 g/mol. The summed E-state index contributed by atoms with van der Waals surface area (Å²) < 4.78 is 1.57. The Bertz CT molecular complexity index is 489. The summed E-state index contributed by atoms with van der Waals surface area (Å²) in [6.07, 6.45) is 0.766. The van der Waals surface area contributed by atoms with Crippen molar-refractivity contribution in [1.29, 1.82) is 0 Å². The smallest absolute Gasteiger partial charge is 0.253 e. The summed E-state index contributed by atoms with van der Waals surface area (Å²) in [6, 6.07) is 0. The summed E-state index contributed by atoms with van der Waals surface area (Å²) in [4.78, 5) is 8.37. The van der Waals surface area contributed by atoms with E-state index in [2.05, 4.69) is 15.1 Å². The molecule has 2 rings (SSSR count). The van der Waals surface area contributed by atoms with Crippen LogP contribution in [0, 0.1) is 13.8 Å². The van der Waals surface area contributed by atoms with E-state index in [4.69, 9.17) is 0 Å². The SMILES string of the molecule is CCc1nc2nc(C)c(O)c(C)n2n1. The second kappa shape index (κ2) is 2.94. The Balaban J connectivity index is 2.81. The van der Waals surface area contributed by atoms with Gasteiger partial charge in [-0.15, -0.1) is 5.10 Å². The van der Waals surface area contributed by atoms with E-state index in [1.54, 1.807) is 18.4 Å².